The third-order valence-corrected chi connectivity index (χ3v) is 4.97. The van der Waals surface area contributed by atoms with Gasteiger partial charge in [0.2, 0.25) is 0 Å². The Bertz CT molecular complexity index is 779. The van der Waals surface area contributed by atoms with Gasteiger partial charge in [0.25, 0.3) is 0 Å². The molecule has 1 aliphatic rings. The summed E-state index contributed by atoms with van der Waals surface area (Å²) in [7, 11) is 0. The Hall–Kier alpha value is -3.13. The average molecular weight is 384 g/mol. The molecule has 2 heterocycles. The third-order valence-electron chi connectivity index (χ3n) is 4.97. The van der Waals surface area contributed by atoms with Crippen molar-refractivity contribution in [3.63, 3.8) is 0 Å². The van der Waals surface area contributed by atoms with Gasteiger partial charge in [0.1, 0.15) is 0 Å². The van der Waals surface area contributed by atoms with Crippen LogP contribution in [0.3, 0.4) is 0 Å². The number of carboxylic acid groups (broad SMARTS) is 1. The average Bonchev–Trinajstić information content (AvgIpc) is 2.73. The van der Waals surface area contributed by atoms with Gasteiger partial charge in [-0.1, -0.05) is 30.3 Å². The number of aliphatic hydroxyl groups excluding tert-OH is 1. The number of hydrogen-bond donors (Lipinski definition) is 3. The van der Waals surface area contributed by atoms with E-state index in [-0.39, 0.29) is 18.7 Å². The molecule has 0 aliphatic carbocycles. The first-order valence-corrected chi connectivity index (χ1v) is 9.23. The maximum absolute atomic E-state index is 13.1. The number of hydrogen-bond acceptors (Lipinski definition) is 4. The molecule has 1 aromatic carbocycles. The van der Waals surface area contributed by atoms with E-state index in [4.69, 9.17) is 0 Å². The van der Waals surface area contributed by atoms with Crippen LogP contribution in [0.15, 0.2) is 54.9 Å². The largest absolute Gasteiger partial charge is 0.465 e. The van der Waals surface area contributed by atoms with Crippen LogP contribution in [0.25, 0.3) is 0 Å². The Balaban J connectivity index is 1.85. The summed E-state index contributed by atoms with van der Waals surface area (Å²) in [5.41, 5.74) is 1.39. The molecule has 0 unspecified atom stereocenters. The molecule has 0 bridgehead atoms. The van der Waals surface area contributed by atoms with Crippen LogP contribution in [0.2, 0.25) is 0 Å². The minimum atomic E-state index is -0.952. The van der Waals surface area contributed by atoms with Crippen LogP contribution in [0.1, 0.15) is 24.4 Å². The zero-order valence-electron chi connectivity index (χ0n) is 15.4. The quantitative estimate of drug-likeness (QED) is 0.735. The normalized spacial score (nSPS) is 15.7. The van der Waals surface area contributed by atoms with Gasteiger partial charge in [-0.15, -0.1) is 0 Å². The molecule has 148 valence electrons. The van der Waals surface area contributed by atoms with Gasteiger partial charge in [0, 0.05) is 25.3 Å². The molecule has 3 N–H and O–H groups in total. The maximum Gasteiger partial charge on any atom is 0.407 e. The summed E-state index contributed by atoms with van der Waals surface area (Å²) in [5, 5.41) is 22.1. The number of carbonyl (C=O) groups is 2. The van der Waals surface area contributed by atoms with Crippen LogP contribution in [-0.2, 0) is 0 Å². The first-order valence-electron chi connectivity index (χ1n) is 9.23. The summed E-state index contributed by atoms with van der Waals surface area (Å²) in [4.78, 5) is 31.3. The van der Waals surface area contributed by atoms with E-state index >= 15 is 0 Å². The van der Waals surface area contributed by atoms with Crippen molar-refractivity contribution in [3.05, 3.63) is 60.4 Å². The van der Waals surface area contributed by atoms with Crippen LogP contribution in [-0.4, -0.2) is 62.9 Å². The van der Waals surface area contributed by atoms with Gasteiger partial charge in [-0.05, 0) is 30.5 Å². The lowest BCUT2D eigenvalue weighted by Gasteiger charge is -2.41. The van der Waals surface area contributed by atoms with E-state index in [1.807, 2.05) is 30.3 Å². The number of pyridine rings is 1. The van der Waals surface area contributed by atoms with Crippen molar-refractivity contribution in [2.24, 2.45) is 0 Å². The number of nitrogens with zero attached hydrogens (tertiary/aromatic N) is 3. The monoisotopic (exact) mass is 384 g/mol. The van der Waals surface area contributed by atoms with Gasteiger partial charge in [-0.3, -0.25) is 4.98 Å². The van der Waals surface area contributed by atoms with Gasteiger partial charge >= 0.3 is 12.1 Å². The summed E-state index contributed by atoms with van der Waals surface area (Å²) < 4.78 is 0. The molecular formula is C20H24N4O4. The molecule has 1 aliphatic heterocycles. The Morgan fingerprint density at radius 2 is 1.89 bits per heavy atom. The number of benzene rings is 1. The predicted octanol–water partition coefficient (Wildman–Crippen LogP) is 2.79. The molecule has 8 nitrogen and oxygen atoms in total. The molecule has 1 fully saturated rings. The van der Waals surface area contributed by atoms with Crippen LogP contribution >= 0.6 is 0 Å². The highest BCUT2D eigenvalue weighted by Gasteiger charge is 2.34. The maximum atomic E-state index is 13.1. The van der Waals surface area contributed by atoms with Crippen LogP contribution in [0.5, 0.6) is 0 Å². The second-order valence-electron chi connectivity index (χ2n) is 6.69. The molecule has 0 radical (unpaired) electrons. The topological polar surface area (TPSA) is 106 Å². The van der Waals surface area contributed by atoms with Crippen LogP contribution in [0, 0.1) is 0 Å². The number of nitrogens with one attached hydrogen (secondary N) is 1. The summed E-state index contributed by atoms with van der Waals surface area (Å²) in [6.45, 7) is 0.469. The Morgan fingerprint density at radius 1 is 1.18 bits per heavy atom. The molecule has 3 amide bonds. The van der Waals surface area contributed by atoms with Crippen molar-refractivity contribution in [3.8, 4) is 0 Å². The first kappa shape index (κ1) is 19.6. The highest BCUT2D eigenvalue weighted by molar-refractivity contribution is 5.89. The summed E-state index contributed by atoms with van der Waals surface area (Å²) in [6.07, 6.45) is 3.24. The fraction of sp³-hybridized carbons (Fsp3) is 0.350. The van der Waals surface area contributed by atoms with Gasteiger partial charge in [-0.2, -0.15) is 0 Å². The number of rotatable bonds is 5. The number of aliphatic hydroxyl groups is 1. The second-order valence-corrected chi connectivity index (χ2v) is 6.69. The highest BCUT2D eigenvalue weighted by Crippen LogP contribution is 2.28. The van der Waals surface area contributed by atoms with E-state index in [0.29, 0.717) is 31.6 Å². The molecule has 3 rings (SSSR count). The van der Waals surface area contributed by atoms with Crippen molar-refractivity contribution in [2.45, 2.75) is 24.9 Å². The fourth-order valence-electron chi connectivity index (χ4n) is 3.55. The first-order chi connectivity index (χ1) is 13.6. The lowest BCUT2D eigenvalue weighted by atomic mass is 9.98. The third kappa shape index (κ3) is 4.58. The number of carbonyl (C=O) groups excluding carboxylic acids is 1. The summed E-state index contributed by atoms with van der Waals surface area (Å²) in [6, 6.07) is 11.8. The number of urea groups is 1. The van der Waals surface area contributed by atoms with Gasteiger partial charge in [0.15, 0.2) is 0 Å². The molecule has 2 aromatic rings. The highest BCUT2D eigenvalue weighted by atomic mass is 16.4. The minimum Gasteiger partial charge on any atom is -0.465 e. The van der Waals surface area contributed by atoms with Crippen LogP contribution < -0.4 is 5.32 Å². The van der Waals surface area contributed by atoms with Crippen molar-refractivity contribution >= 4 is 17.8 Å². The van der Waals surface area contributed by atoms with Gasteiger partial charge in [0.05, 0.1) is 24.5 Å². The predicted molar refractivity (Wildman–Crippen MR) is 104 cm³/mol. The van der Waals surface area contributed by atoms with E-state index in [9.17, 15) is 19.8 Å². The molecule has 8 heteroatoms. The van der Waals surface area contributed by atoms with Gasteiger partial charge in [-0.25, -0.2) is 9.59 Å². The summed E-state index contributed by atoms with van der Waals surface area (Å²) >= 11 is 0. The SMILES string of the molecule is O=C(O)N1CCC(N(C(=O)Nc2cccnc2)[C@@H](CO)c2ccccc2)CC1. The number of amides is 3. The Kier molecular flexibility index (Phi) is 6.44. The van der Waals surface area contributed by atoms with Crippen LogP contribution in [0.4, 0.5) is 15.3 Å². The van der Waals surface area contributed by atoms with E-state index in [0.717, 1.165) is 5.56 Å². The van der Waals surface area contributed by atoms with Crippen molar-refractivity contribution in [1.82, 2.24) is 14.8 Å². The summed E-state index contributed by atoms with van der Waals surface area (Å²) in [5.74, 6) is 0. The molecule has 0 spiro atoms. The van der Waals surface area contributed by atoms with E-state index in [1.165, 1.54) is 4.90 Å². The van der Waals surface area contributed by atoms with E-state index in [1.54, 1.807) is 29.4 Å². The minimum absolute atomic E-state index is 0.190. The van der Waals surface area contributed by atoms with Crippen molar-refractivity contribution in [1.29, 1.82) is 0 Å². The number of anilines is 1. The smallest absolute Gasteiger partial charge is 0.407 e. The standard InChI is InChI=1S/C20H24N4O4/c25-14-18(15-5-2-1-3-6-15)24(17-8-11-23(12-9-17)20(27)28)19(26)22-16-7-4-10-21-13-16/h1-7,10,13,17-18,25H,8-9,11-12,14H2,(H,22,26)(H,27,28)/t18-/m0/s1. The fourth-order valence-corrected chi connectivity index (χ4v) is 3.55. The lowest BCUT2D eigenvalue weighted by Crippen LogP contribution is -2.51. The molecule has 0 saturated carbocycles. The molecule has 1 atom stereocenters. The molecular weight excluding hydrogens is 360 g/mol. The Labute approximate surface area is 163 Å². The van der Waals surface area contributed by atoms with Crippen molar-refractivity contribution < 1.29 is 19.8 Å². The number of likely N-dealkylation sites (tertiary alicyclic amines) is 1. The van der Waals surface area contributed by atoms with Gasteiger partial charge < -0.3 is 25.3 Å². The Morgan fingerprint density at radius 3 is 2.46 bits per heavy atom. The zero-order chi connectivity index (χ0) is 19.9. The van der Waals surface area contributed by atoms with E-state index < -0.39 is 12.1 Å². The lowest BCUT2D eigenvalue weighted by molar-refractivity contribution is 0.0726. The number of piperidine rings is 1. The molecule has 1 saturated heterocycles. The molecule has 1 aromatic heterocycles. The van der Waals surface area contributed by atoms with Crippen molar-refractivity contribution in [2.75, 3.05) is 25.0 Å². The molecule has 28 heavy (non-hydrogen) atoms. The number of aromatic nitrogens is 1. The second kappa shape index (κ2) is 9.18. The zero-order valence-corrected chi connectivity index (χ0v) is 15.4. The van der Waals surface area contributed by atoms with E-state index in [2.05, 4.69) is 10.3 Å².